The monoisotopic (exact) mass is 182 g/mol. The summed E-state index contributed by atoms with van der Waals surface area (Å²) in [5.41, 5.74) is 0.258. The Hall–Kier alpha value is -0.830. The molecule has 1 aromatic heterocycles. The lowest BCUT2D eigenvalue weighted by Gasteiger charge is -2.16. The highest BCUT2D eigenvalue weighted by atomic mass is 19.1. The van der Waals surface area contributed by atoms with Crippen molar-refractivity contribution in [2.75, 3.05) is 13.1 Å². The van der Waals surface area contributed by atoms with E-state index < -0.39 is 5.67 Å². The first kappa shape index (κ1) is 8.75. The average Bonchev–Trinajstić information content (AvgIpc) is 2.61. The molecule has 1 N–H and O–H groups in total. The Morgan fingerprint density at radius 1 is 1.69 bits per heavy atom. The second-order valence-electron chi connectivity index (χ2n) is 4.09. The van der Waals surface area contributed by atoms with Crippen LogP contribution in [-0.4, -0.2) is 28.6 Å². The van der Waals surface area contributed by atoms with Crippen LogP contribution in [-0.2, 0) is 6.54 Å². The van der Waals surface area contributed by atoms with E-state index in [-0.39, 0.29) is 0 Å². The van der Waals surface area contributed by atoms with Crippen LogP contribution < -0.4 is 0 Å². The fourth-order valence-electron chi connectivity index (χ4n) is 1.87. The molecule has 3 heteroatoms. The molecule has 0 spiro atoms. The van der Waals surface area contributed by atoms with Gasteiger partial charge in [0.25, 0.3) is 0 Å². The van der Waals surface area contributed by atoms with E-state index in [0.29, 0.717) is 13.0 Å². The van der Waals surface area contributed by atoms with Crippen LogP contribution in [0.4, 0.5) is 4.39 Å². The largest absolute Gasteiger partial charge is 0.367 e. The van der Waals surface area contributed by atoms with Gasteiger partial charge in [-0.25, -0.2) is 4.39 Å². The molecule has 1 atom stereocenters. The van der Waals surface area contributed by atoms with Gasteiger partial charge in [-0.3, -0.25) is 4.90 Å². The first-order chi connectivity index (χ1) is 6.16. The summed E-state index contributed by atoms with van der Waals surface area (Å²) in [7, 11) is 0. The number of aromatic nitrogens is 1. The Morgan fingerprint density at radius 2 is 2.54 bits per heavy atom. The molecule has 2 rings (SSSR count). The quantitative estimate of drug-likeness (QED) is 0.740. The third-order valence-electron chi connectivity index (χ3n) is 2.57. The molecular weight excluding hydrogens is 167 g/mol. The van der Waals surface area contributed by atoms with Crippen molar-refractivity contribution in [3.05, 3.63) is 24.0 Å². The van der Waals surface area contributed by atoms with Crippen LogP contribution in [0.5, 0.6) is 0 Å². The third kappa shape index (κ3) is 2.10. The number of alkyl halides is 1. The van der Waals surface area contributed by atoms with Gasteiger partial charge in [-0.1, -0.05) is 0 Å². The van der Waals surface area contributed by atoms with E-state index in [4.69, 9.17) is 0 Å². The zero-order valence-electron chi connectivity index (χ0n) is 7.89. The molecule has 0 bridgehead atoms. The van der Waals surface area contributed by atoms with Gasteiger partial charge in [0.15, 0.2) is 0 Å². The van der Waals surface area contributed by atoms with Gasteiger partial charge in [0.2, 0.25) is 0 Å². The lowest BCUT2D eigenvalue weighted by molar-refractivity contribution is 0.186. The van der Waals surface area contributed by atoms with E-state index in [1.807, 2.05) is 18.5 Å². The smallest absolute Gasteiger partial charge is 0.122 e. The van der Waals surface area contributed by atoms with Crippen LogP contribution in [0.15, 0.2) is 18.5 Å². The van der Waals surface area contributed by atoms with Crippen LogP contribution >= 0.6 is 0 Å². The Bertz CT molecular complexity index is 266. The summed E-state index contributed by atoms with van der Waals surface area (Å²) in [6.07, 6.45) is 4.53. The van der Waals surface area contributed by atoms with E-state index >= 15 is 0 Å². The molecule has 0 aromatic carbocycles. The third-order valence-corrected chi connectivity index (χ3v) is 2.57. The van der Waals surface area contributed by atoms with Crippen molar-refractivity contribution in [1.82, 2.24) is 9.88 Å². The van der Waals surface area contributed by atoms with Gasteiger partial charge >= 0.3 is 0 Å². The molecule has 1 fully saturated rings. The number of rotatable bonds is 2. The zero-order valence-corrected chi connectivity index (χ0v) is 7.89. The maximum atomic E-state index is 13.4. The molecule has 72 valence electrons. The van der Waals surface area contributed by atoms with E-state index in [2.05, 4.69) is 9.88 Å². The van der Waals surface area contributed by atoms with E-state index in [1.165, 1.54) is 5.56 Å². The van der Waals surface area contributed by atoms with E-state index in [0.717, 1.165) is 13.1 Å². The van der Waals surface area contributed by atoms with Gasteiger partial charge in [-0.2, -0.15) is 0 Å². The molecule has 0 radical (unpaired) electrons. The number of H-pyrrole nitrogens is 1. The first-order valence-corrected chi connectivity index (χ1v) is 4.69. The maximum Gasteiger partial charge on any atom is 0.122 e. The first-order valence-electron chi connectivity index (χ1n) is 4.69. The minimum absolute atomic E-state index is 0.568. The van der Waals surface area contributed by atoms with Crippen molar-refractivity contribution in [2.45, 2.75) is 25.6 Å². The van der Waals surface area contributed by atoms with Crippen molar-refractivity contribution in [2.24, 2.45) is 0 Å². The maximum absolute atomic E-state index is 13.4. The van der Waals surface area contributed by atoms with Gasteiger partial charge in [0, 0.05) is 32.0 Å². The van der Waals surface area contributed by atoms with Gasteiger partial charge in [-0.15, -0.1) is 0 Å². The highest BCUT2D eigenvalue weighted by Crippen LogP contribution is 2.25. The van der Waals surface area contributed by atoms with E-state index in [9.17, 15) is 4.39 Å². The van der Waals surface area contributed by atoms with Crippen LogP contribution in [0, 0.1) is 0 Å². The zero-order chi connectivity index (χ0) is 9.31. The van der Waals surface area contributed by atoms with Crippen molar-refractivity contribution >= 4 is 0 Å². The molecule has 13 heavy (non-hydrogen) atoms. The second kappa shape index (κ2) is 3.14. The molecule has 0 saturated carbocycles. The van der Waals surface area contributed by atoms with Crippen LogP contribution in [0.1, 0.15) is 18.9 Å². The molecule has 1 aliphatic rings. The number of hydrogen-bond donors (Lipinski definition) is 1. The Morgan fingerprint density at radius 3 is 3.08 bits per heavy atom. The summed E-state index contributed by atoms with van der Waals surface area (Å²) in [5, 5.41) is 0. The van der Waals surface area contributed by atoms with Crippen molar-refractivity contribution in [3.63, 3.8) is 0 Å². The second-order valence-corrected chi connectivity index (χ2v) is 4.09. The minimum Gasteiger partial charge on any atom is -0.367 e. The molecule has 1 aliphatic heterocycles. The molecular formula is C10H15FN2. The van der Waals surface area contributed by atoms with Gasteiger partial charge in [-0.05, 0) is 25.0 Å². The van der Waals surface area contributed by atoms with Crippen LogP contribution in [0.3, 0.4) is 0 Å². The molecule has 2 heterocycles. The topological polar surface area (TPSA) is 19.0 Å². The summed E-state index contributed by atoms with van der Waals surface area (Å²) in [4.78, 5) is 5.16. The lowest BCUT2D eigenvalue weighted by Crippen LogP contribution is -2.25. The van der Waals surface area contributed by atoms with Crippen LogP contribution in [0.25, 0.3) is 0 Å². The normalized spacial score (nSPS) is 29.7. The number of halogens is 1. The Labute approximate surface area is 77.7 Å². The summed E-state index contributed by atoms with van der Waals surface area (Å²) in [6.45, 7) is 3.99. The number of nitrogens with zero attached hydrogens (tertiary/aromatic N) is 1. The van der Waals surface area contributed by atoms with E-state index in [1.54, 1.807) is 6.92 Å². The summed E-state index contributed by atoms with van der Waals surface area (Å²) in [5.74, 6) is 0. The predicted molar refractivity (Wildman–Crippen MR) is 50.2 cm³/mol. The number of likely N-dealkylation sites (tertiary alicyclic amines) is 1. The van der Waals surface area contributed by atoms with Crippen molar-refractivity contribution < 1.29 is 4.39 Å². The minimum atomic E-state index is -0.976. The summed E-state index contributed by atoms with van der Waals surface area (Å²) >= 11 is 0. The fraction of sp³-hybridized carbons (Fsp3) is 0.600. The Balaban J connectivity index is 1.91. The Kier molecular flexibility index (Phi) is 2.12. The van der Waals surface area contributed by atoms with Crippen molar-refractivity contribution in [1.29, 1.82) is 0 Å². The summed E-state index contributed by atoms with van der Waals surface area (Å²) in [6, 6.07) is 2.04. The SMILES string of the molecule is CC1(F)CCN(Cc2cc[nH]c2)C1. The molecule has 2 nitrogen and oxygen atoms in total. The fourth-order valence-corrected chi connectivity index (χ4v) is 1.87. The van der Waals surface area contributed by atoms with Gasteiger partial charge in [0.05, 0.1) is 0 Å². The lowest BCUT2D eigenvalue weighted by atomic mass is 10.1. The molecule has 1 aromatic rings. The molecule has 1 unspecified atom stereocenters. The number of aromatic amines is 1. The standard InChI is InChI=1S/C10H15FN2/c1-10(11)3-5-13(8-10)7-9-2-4-12-6-9/h2,4,6,12H,3,5,7-8H2,1H3. The van der Waals surface area contributed by atoms with Gasteiger partial charge < -0.3 is 4.98 Å². The average molecular weight is 182 g/mol. The van der Waals surface area contributed by atoms with Gasteiger partial charge in [0.1, 0.15) is 5.67 Å². The summed E-state index contributed by atoms with van der Waals surface area (Å²) < 4.78 is 13.4. The molecule has 0 aliphatic carbocycles. The predicted octanol–water partition coefficient (Wildman–Crippen LogP) is 1.95. The number of hydrogen-bond acceptors (Lipinski definition) is 1. The molecule has 0 amide bonds. The molecule has 1 saturated heterocycles. The number of nitrogens with one attached hydrogen (secondary N) is 1. The van der Waals surface area contributed by atoms with Crippen molar-refractivity contribution in [3.8, 4) is 0 Å². The van der Waals surface area contributed by atoms with Crippen LogP contribution in [0.2, 0.25) is 0 Å². The highest BCUT2D eigenvalue weighted by Gasteiger charge is 2.33. The highest BCUT2D eigenvalue weighted by molar-refractivity contribution is 5.08.